The second kappa shape index (κ2) is 6.64. The van der Waals surface area contributed by atoms with Gasteiger partial charge in [0.25, 0.3) is 0 Å². The van der Waals surface area contributed by atoms with Gasteiger partial charge in [0, 0.05) is 12.0 Å². The molecule has 0 N–H and O–H groups in total. The molecule has 3 nitrogen and oxygen atoms in total. The number of aryl methyl sites for hydroxylation is 1. The predicted molar refractivity (Wildman–Crippen MR) is 82.1 cm³/mol. The number of hydrogen-bond donors (Lipinski definition) is 0. The maximum Gasteiger partial charge on any atom is 0.236 e. The molecule has 0 amide bonds. The molecule has 0 aliphatic rings. The third kappa shape index (κ3) is 4.80. The molecule has 0 bridgehead atoms. The van der Waals surface area contributed by atoms with E-state index in [0.717, 1.165) is 18.7 Å². The van der Waals surface area contributed by atoms with E-state index in [1.54, 1.807) is 0 Å². The van der Waals surface area contributed by atoms with Crippen LogP contribution in [0.4, 0.5) is 0 Å². The zero-order valence-electron chi connectivity index (χ0n) is 12.0. The number of unbranched alkanes of at least 4 members (excludes halogenated alkanes) is 3. The Labute approximate surface area is 130 Å². The lowest BCUT2D eigenvalue weighted by Gasteiger charge is -2.23. The molecule has 0 unspecified atom stereocenters. The van der Waals surface area contributed by atoms with Gasteiger partial charge in [0.05, 0.1) is 5.69 Å². The molecule has 0 atom stereocenters. The van der Waals surface area contributed by atoms with Crippen LogP contribution in [0.1, 0.15) is 64.8 Å². The minimum Gasteiger partial charge on any atom is -0.248 e. The van der Waals surface area contributed by atoms with Crippen LogP contribution < -0.4 is 0 Å². The van der Waals surface area contributed by atoms with Gasteiger partial charge in [0.1, 0.15) is 5.69 Å². The van der Waals surface area contributed by atoms with Crippen molar-refractivity contribution in [2.24, 2.45) is 0 Å². The van der Waals surface area contributed by atoms with Gasteiger partial charge in [-0.25, -0.2) is 4.68 Å². The van der Waals surface area contributed by atoms with Crippen LogP contribution in [-0.4, -0.2) is 15.0 Å². The summed E-state index contributed by atoms with van der Waals surface area (Å²) in [4.78, 5) is 0. The molecule has 0 aromatic carbocycles. The van der Waals surface area contributed by atoms with Crippen molar-refractivity contribution in [3.05, 3.63) is 11.4 Å². The van der Waals surface area contributed by atoms with E-state index in [4.69, 9.17) is 34.8 Å². The van der Waals surface area contributed by atoms with E-state index < -0.39 is 3.79 Å². The first-order chi connectivity index (χ1) is 8.68. The van der Waals surface area contributed by atoms with Gasteiger partial charge in [-0.15, -0.1) is 5.10 Å². The Kier molecular flexibility index (Phi) is 5.96. The quantitative estimate of drug-likeness (QED) is 0.564. The molecule has 6 heteroatoms. The SMILES string of the molecule is CCCCCCn1nnc(C(Cl)(Cl)Cl)c1C(C)(C)C. The summed E-state index contributed by atoms with van der Waals surface area (Å²) < 4.78 is 0.358. The normalized spacial score (nSPS) is 13.0. The third-order valence-corrected chi connectivity index (χ3v) is 3.47. The Balaban J connectivity index is 2.96. The van der Waals surface area contributed by atoms with E-state index >= 15 is 0 Å². The summed E-state index contributed by atoms with van der Waals surface area (Å²) in [6.07, 6.45) is 4.70. The topological polar surface area (TPSA) is 30.7 Å². The summed E-state index contributed by atoms with van der Waals surface area (Å²) in [5, 5.41) is 8.23. The summed E-state index contributed by atoms with van der Waals surface area (Å²) >= 11 is 17.9. The van der Waals surface area contributed by atoms with E-state index in [2.05, 4.69) is 38.0 Å². The molecule has 110 valence electrons. The molecular formula is C13H22Cl3N3. The average Bonchev–Trinajstić information content (AvgIpc) is 2.67. The van der Waals surface area contributed by atoms with Crippen molar-refractivity contribution >= 4 is 34.8 Å². The highest BCUT2D eigenvalue weighted by molar-refractivity contribution is 6.66. The summed E-state index contributed by atoms with van der Waals surface area (Å²) in [6, 6.07) is 0. The Bertz CT molecular complexity index is 402. The van der Waals surface area contributed by atoms with Crippen molar-refractivity contribution in [3.8, 4) is 0 Å². The highest BCUT2D eigenvalue weighted by Gasteiger charge is 2.36. The molecule has 1 heterocycles. The molecule has 1 aromatic heterocycles. The van der Waals surface area contributed by atoms with E-state index in [1.807, 2.05) is 4.68 Å². The summed E-state index contributed by atoms with van der Waals surface area (Å²) in [5.41, 5.74) is 1.19. The average molecular weight is 327 g/mol. The molecule has 0 spiro atoms. The van der Waals surface area contributed by atoms with Gasteiger partial charge >= 0.3 is 0 Å². The Hall–Kier alpha value is 0.01000. The van der Waals surface area contributed by atoms with Gasteiger partial charge < -0.3 is 0 Å². The standard InChI is InChI=1S/C13H22Cl3N3/c1-5-6-7-8-9-19-11(12(2,3)4)10(17-18-19)13(14,15)16/h5-9H2,1-4H3. The Morgan fingerprint density at radius 1 is 1.05 bits per heavy atom. The van der Waals surface area contributed by atoms with E-state index in [0.29, 0.717) is 5.69 Å². The van der Waals surface area contributed by atoms with Crippen LogP contribution in [0.15, 0.2) is 0 Å². The maximum absolute atomic E-state index is 5.98. The molecule has 0 aliphatic carbocycles. The second-order valence-corrected chi connectivity index (χ2v) is 8.10. The van der Waals surface area contributed by atoms with Crippen molar-refractivity contribution in [2.75, 3.05) is 0 Å². The van der Waals surface area contributed by atoms with Crippen LogP contribution in [0, 0.1) is 0 Å². The number of nitrogens with zero attached hydrogens (tertiary/aromatic N) is 3. The fourth-order valence-corrected chi connectivity index (χ4v) is 2.47. The molecule has 0 radical (unpaired) electrons. The zero-order chi connectivity index (χ0) is 14.7. The first-order valence-electron chi connectivity index (χ1n) is 6.69. The minimum absolute atomic E-state index is 0.159. The molecule has 0 aliphatic heterocycles. The fourth-order valence-electron chi connectivity index (χ4n) is 2.09. The lowest BCUT2D eigenvalue weighted by Crippen LogP contribution is -2.22. The molecule has 0 fully saturated rings. The maximum atomic E-state index is 5.98. The minimum atomic E-state index is -1.52. The molecular weight excluding hydrogens is 305 g/mol. The molecule has 1 rings (SSSR count). The number of halogens is 3. The monoisotopic (exact) mass is 325 g/mol. The predicted octanol–water partition coefficient (Wildman–Crippen LogP) is 4.98. The molecule has 0 saturated carbocycles. The van der Waals surface area contributed by atoms with Crippen LogP contribution in [0.5, 0.6) is 0 Å². The van der Waals surface area contributed by atoms with Gasteiger partial charge in [0.15, 0.2) is 0 Å². The largest absolute Gasteiger partial charge is 0.248 e. The fraction of sp³-hybridized carbons (Fsp3) is 0.846. The van der Waals surface area contributed by atoms with Gasteiger partial charge in [-0.3, -0.25) is 0 Å². The van der Waals surface area contributed by atoms with Crippen molar-refractivity contribution < 1.29 is 0 Å². The summed E-state index contributed by atoms with van der Waals surface area (Å²) in [6.45, 7) is 9.24. The van der Waals surface area contributed by atoms with Crippen molar-refractivity contribution in [3.63, 3.8) is 0 Å². The van der Waals surface area contributed by atoms with Gasteiger partial charge in [0.2, 0.25) is 3.79 Å². The molecule has 0 saturated heterocycles. The third-order valence-electron chi connectivity index (χ3n) is 2.94. The smallest absolute Gasteiger partial charge is 0.236 e. The lowest BCUT2D eigenvalue weighted by atomic mass is 9.90. The highest BCUT2D eigenvalue weighted by atomic mass is 35.6. The first-order valence-corrected chi connectivity index (χ1v) is 7.82. The highest BCUT2D eigenvalue weighted by Crippen LogP contribution is 2.41. The number of rotatable bonds is 5. The van der Waals surface area contributed by atoms with E-state index in [-0.39, 0.29) is 5.41 Å². The second-order valence-electron chi connectivity index (χ2n) is 5.82. The zero-order valence-corrected chi connectivity index (χ0v) is 14.3. The van der Waals surface area contributed by atoms with E-state index in [1.165, 1.54) is 19.3 Å². The van der Waals surface area contributed by atoms with Crippen molar-refractivity contribution in [1.29, 1.82) is 0 Å². The van der Waals surface area contributed by atoms with Crippen LogP contribution in [0.25, 0.3) is 0 Å². The van der Waals surface area contributed by atoms with Crippen LogP contribution in [0.2, 0.25) is 0 Å². The number of hydrogen-bond acceptors (Lipinski definition) is 2. The summed E-state index contributed by atoms with van der Waals surface area (Å²) in [7, 11) is 0. The Morgan fingerprint density at radius 2 is 1.68 bits per heavy atom. The van der Waals surface area contributed by atoms with Gasteiger partial charge in [-0.05, 0) is 6.42 Å². The van der Waals surface area contributed by atoms with Crippen molar-refractivity contribution in [1.82, 2.24) is 15.0 Å². The van der Waals surface area contributed by atoms with Crippen molar-refractivity contribution in [2.45, 2.75) is 69.1 Å². The van der Waals surface area contributed by atoms with Gasteiger partial charge in [-0.2, -0.15) is 0 Å². The van der Waals surface area contributed by atoms with Gasteiger partial charge in [-0.1, -0.05) is 87.0 Å². The van der Waals surface area contributed by atoms with E-state index in [9.17, 15) is 0 Å². The van der Waals surface area contributed by atoms with Crippen LogP contribution in [0.3, 0.4) is 0 Å². The number of aromatic nitrogens is 3. The summed E-state index contributed by atoms with van der Waals surface area (Å²) in [5.74, 6) is 0. The van der Waals surface area contributed by atoms with Crippen LogP contribution >= 0.6 is 34.8 Å². The first kappa shape index (κ1) is 17.1. The molecule has 1 aromatic rings. The van der Waals surface area contributed by atoms with Crippen LogP contribution in [-0.2, 0) is 15.8 Å². The number of alkyl halides is 3. The lowest BCUT2D eigenvalue weighted by molar-refractivity contribution is 0.457. The Morgan fingerprint density at radius 3 is 2.16 bits per heavy atom. The molecule has 19 heavy (non-hydrogen) atoms.